The standard InChI is InChI=1S/C17H28N2OS.C7H9P/c1-4-11-19(12-5-2)17(21)18-10-9-14-7-8-16(20)15(6-3)13-14;1-6(2)7-4-3-5-8-7/h7-8,13,20H,4-6,9-12H2,1-3H3,(H,18,21);3-5,8H,1H2,2H3. The summed E-state index contributed by atoms with van der Waals surface area (Å²) in [6, 6.07) is 10.1. The van der Waals surface area contributed by atoms with Crippen molar-refractivity contribution in [1.82, 2.24) is 10.2 Å². The number of hydrogen-bond donors (Lipinski definition) is 2. The molecule has 0 aliphatic heterocycles. The number of allylic oxidation sites excluding steroid dienone is 1. The summed E-state index contributed by atoms with van der Waals surface area (Å²) in [6.07, 6.45) is 3.99. The minimum Gasteiger partial charge on any atom is -0.508 e. The van der Waals surface area contributed by atoms with Crippen LogP contribution in [-0.4, -0.2) is 34.8 Å². The Morgan fingerprint density at radius 3 is 2.34 bits per heavy atom. The first-order valence-electron chi connectivity index (χ1n) is 10.6. The van der Waals surface area contributed by atoms with E-state index in [-0.39, 0.29) is 0 Å². The summed E-state index contributed by atoms with van der Waals surface area (Å²) in [6.45, 7) is 15.1. The van der Waals surface area contributed by atoms with Crippen molar-refractivity contribution >= 4 is 31.1 Å². The summed E-state index contributed by atoms with van der Waals surface area (Å²) >= 11 is 5.47. The van der Waals surface area contributed by atoms with Crippen LogP contribution in [0.25, 0.3) is 5.57 Å². The van der Waals surface area contributed by atoms with Gasteiger partial charge in [-0.3, -0.25) is 0 Å². The van der Waals surface area contributed by atoms with Gasteiger partial charge in [-0.1, -0.05) is 51.6 Å². The van der Waals surface area contributed by atoms with Crippen molar-refractivity contribution in [2.75, 3.05) is 19.6 Å². The van der Waals surface area contributed by atoms with Crippen molar-refractivity contribution in [2.45, 2.75) is 53.4 Å². The van der Waals surface area contributed by atoms with Gasteiger partial charge in [0.2, 0.25) is 0 Å². The first-order valence-corrected chi connectivity index (χ1v) is 12.0. The third-order valence-electron chi connectivity index (χ3n) is 4.55. The molecule has 0 radical (unpaired) electrons. The zero-order chi connectivity index (χ0) is 21.6. The van der Waals surface area contributed by atoms with Crippen LogP contribution in [0.4, 0.5) is 0 Å². The lowest BCUT2D eigenvalue weighted by atomic mass is 10.1. The number of aryl methyl sites for hydroxylation is 1. The smallest absolute Gasteiger partial charge is 0.168 e. The fraction of sp³-hybridized carbons (Fsp3) is 0.458. The van der Waals surface area contributed by atoms with Crippen LogP contribution in [0.3, 0.4) is 0 Å². The molecule has 2 rings (SSSR count). The van der Waals surface area contributed by atoms with Crippen LogP contribution in [0.5, 0.6) is 5.75 Å². The molecule has 0 aliphatic carbocycles. The van der Waals surface area contributed by atoms with E-state index in [1.807, 2.05) is 13.0 Å². The molecule has 0 saturated carbocycles. The van der Waals surface area contributed by atoms with Crippen LogP contribution in [0.1, 0.15) is 57.0 Å². The summed E-state index contributed by atoms with van der Waals surface area (Å²) in [7, 11) is 0.861. The van der Waals surface area contributed by atoms with E-state index in [0.717, 1.165) is 64.2 Å². The Morgan fingerprint density at radius 1 is 1.17 bits per heavy atom. The Labute approximate surface area is 184 Å². The average Bonchev–Trinajstić information content (AvgIpc) is 3.25. The van der Waals surface area contributed by atoms with Crippen molar-refractivity contribution in [3.05, 3.63) is 59.1 Å². The van der Waals surface area contributed by atoms with Crippen LogP contribution in [0.15, 0.2) is 42.7 Å². The van der Waals surface area contributed by atoms with Crippen LogP contribution in [-0.2, 0) is 12.8 Å². The van der Waals surface area contributed by atoms with Gasteiger partial charge in [0.05, 0.1) is 0 Å². The van der Waals surface area contributed by atoms with Crippen molar-refractivity contribution in [2.24, 2.45) is 0 Å². The maximum atomic E-state index is 9.70. The number of nitrogens with zero attached hydrogens (tertiary/aromatic N) is 1. The lowest BCUT2D eigenvalue weighted by Crippen LogP contribution is -2.41. The van der Waals surface area contributed by atoms with E-state index in [2.05, 4.69) is 61.6 Å². The Morgan fingerprint density at radius 2 is 1.86 bits per heavy atom. The number of aromatic hydroxyl groups is 1. The first-order chi connectivity index (χ1) is 13.9. The maximum absolute atomic E-state index is 9.70. The fourth-order valence-electron chi connectivity index (χ4n) is 2.95. The molecule has 5 heteroatoms. The maximum Gasteiger partial charge on any atom is 0.168 e. The second-order valence-electron chi connectivity index (χ2n) is 7.15. The molecule has 0 aliphatic rings. The Balaban J connectivity index is 0.000000436. The topological polar surface area (TPSA) is 35.5 Å². The van der Waals surface area contributed by atoms with Gasteiger partial charge >= 0.3 is 0 Å². The highest BCUT2D eigenvalue weighted by molar-refractivity contribution is 7.80. The molecule has 160 valence electrons. The van der Waals surface area contributed by atoms with Crippen molar-refractivity contribution in [3.8, 4) is 5.75 Å². The lowest BCUT2D eigenvalue weighted by molar-refractivity contribution is 0.410. The third kappa shape index (κ3) is 9.51. The third-order valence-corrected chi connectivity index (χ3v) is 6.21. The fourth-order valence-corrected chi connectivity index (χ4v) is 4.05. The molecule has 0 bridgehead atoms. The van der Waals surface area contributed by atoms with Gasteiger partial charge in [-0.05, 0) is 78.7 Å². The van der Waals surface area contributed by atoms with E-state index in [0.29, 0.717) is 5.75 Å². The van der Waals surface area contributed by atoms with E-state index in [1.165, 1.54) is 16.4 Å². The summed E-state index contributed by atoms with van der Waals surface area (Å²) in [5.41, 5.74) is 3.44. The van der Waals surface area contributed by atoms with Gasteiger partial charge in [-0.2, -0.15) is 0 Å². The van der Waals surface area contributed by atoms with E-state index < -0.39 is 0 Å². The highest BCUT2D eigenvalue weighted by Gasteiger charge is 2.07. The van der Waals surface area contributed by atoms with E-state index in [9.17, 15) is 5.11 Å². The number of rotatable bonds is 9. The number of nitrogens with one attached hydrogen (secondary N) is 1. The minimum atomic E-state index is 0.391. The lowest BCUT2D eigenvalue weighted by Gasteiger charge is -2.25. The van der Waals surface area contributed by atoms with Gasteiger partial charge < -0.3 is 15.3 Å². The van der Waals surface area contributed by atoms with Gasteiger partial charge in [0.15, 0.2) is 5.11 Å². The number of phenolic OH excluding ortho intramolecular Hbond substituents is 1. The van der Waals surface area contributed by atoms with Gasteiger partial charge in [0, 0.05) is 19.6 Å². The predicted molar refractivity (Wildman–Crippen MR) is 135 cm³/mol. The SMILES string of the molecule is C=C(C)c1ccc[pH]1.CCCN(CCC)C(=S)NCCc1ccc(O)c(CC)c1. The number of phenols is 1. The summed E-state index contributed by atoms with van der Waals surface area (Å²) < 4.78 is 0. The predicted octanol–water partition coefficient (Wildman–Crippen LogP) is 6.24. The Kier molecular flexibility index (Phi) is 12.4. The second-order valence-corrected chi connectivity index (χ2v) is 8.70. The van der Waals surface area contributed by atoms with E-state index in [4.69, 9.17) is 12.2 Å². The summed E-state index contributed by atoms with van der Waals surface area (Å²) in [4.78, 5) is 2.24. The number of thiocarbonyl (C=S) groups is 1. The van der Waals surface area contributed by atoms with E-state index >= 15 is 0 Å². The van der Waals surface area contributed by atoms with Crippen LogP contribution in [0, 0.1) is 0 Å². The van der Waals surface area contributed by atoms with E-state index in [1.54, 1.807) is 6.07 Å². The highest BCUT2D eigenvalue weighted by Crippen LogP contribution is 2.21. The molecular weight excluding hydrogens is 395 g/mol. The normalized spacial score (nSPS) is 10.3. The molecule has 2 N–H and O–H groups in total. The summed E-state index contributed by atoms with van der Waals surface area (Å²) in [5, 5.41) is 15.3. The van der Waals surface area contributed by atoms with Gasteiger partial charge in [-0.15, -0.1) is 8.19 Å². The molecule has 1 aromatic carbocycles. The van der Waals surface area contributed by atoms with Crippen LogP contribution >= 0.6 is 20.4 Å². The quantitative estimate of drug-likeness (QED) is 0.460. The minimum absolute atomic E-state index is 0.391. The second kappa shape index (κ2) is 14.3. The monoisotopic (exact) mass is 432 g/mol. The molecule has 1 unspecified atom stereocenters. The Bertz CT molecular complexity index is 737. The molecule has 0 spiro atoms. The van der Waals surface area contributed by atoms with Crippen molar-refractivity contribution < 1.29 is 5.11 Å². The molecule has 3 nitrogen and oxygen atoms in total. The highest BCUT2D eigenvalue weighted by atomic mass is 32.1. The largest absolute Gasteiger partial charge is 0.508 e. The van der Waals surface area contributed by atoms with Gasteiger partial charge in [-0.25, -0.2) is 0 Å². The molecule has 29 heavy (non-hydrogen) atoms. The molecule has 1 heterocycles. The summed E-state index contributed by atoms with van der Waals surface area (Å²) in [5.74, 6) is 2.56. The van der Waals surface area contributed by atoms with Crippen LogP contribution < -0.4 is 5.32 Å². The van der Waals surface area contributed by atoms with Gasteiger partial charge in [0.25, 0.3) is 0 Å². The van der Waals surface area contributed by atoms with Gasteiger partial charge in [0.1, 0.15) is 5.75 Å². The molecule has 0 fully saturated rings. The molecular formula is C24H37N2OPS. The zero-order valence-electron chi connectivity index (χ0n) is 18.4. The molecule has 0 saturated heterocycles. The molecule has 0 amide bonds. The number of benzene rings is 1. The average molecular weight is 433 g/mol. The molecule has 1 aromatic heterocycles. The first kappa shape index (κ1) is 25.3. The van der Waals surface area contributed by atoms with Crippen molar-refractivity contribution in [1.29, 1.82) is 0 Å². The van der Waals surface area contributed by atoms with Crippen molar-refractivity contribution in [3.63, 3.8) is 0 Å². The number of hydrogen-bond acceptors (Lipinski definition) is 2. The Hall–Kier alpha value is -1.77. The molecule has 1 atom stereocenters. The zero-order valence-corrected chi connectivity index (χ0v) is 20.2. The molecule has 2 aromatic rings. The van der Waals surface area contributed by atoms with Crippen LogP contribution in [0.2, 0.25) is 0 Å².